The minimum atomic E-state index is -0.184. The molecule has 2 aromatic heterocycles. The Bertz CT molecular complexity index is 1410. The third kappa shape index (κ3) is 4.17. The molecule has 156 valence electrons. The number of aromatic nitrogens is 2. The number of aryl methyl sites for hydroxylation is 1. The maximum Gasteiger partial charge on any atom is 0.274 e. The van der Waals surface area contributed by atoms with Crippen molar-refractivity contribution >= 4 is 39.9 Å². The van der Waals surface area contributed by atoms with E-state index >= 15 is 0 Å². The van der Waals surface area contributed by atoms with Crippen LogP contribution in [0.15, 0.2) is 60.0 Å². The van der Waals surface area contributed by atoms with Crippen molar-refractivity contribution in [3.63, 3.8) is 0 Å². The number of carbonyl (C=O) groups is 1. The molecule has 0 saturated heterocycles. The van der Waals surface area contributed by atoms with Gasteiger partial charge in [-0.3, -0.25) is 14.0 Å². The van der Waals surface area contributed by atoms with Crippen molar-refractivity contribution < 1.29 is 4.79 Å². The van der Waals surface area contributed by atoms with Gasteiger partial charge in [-0.15, -0.1) is 6.58 Å². The highest BCUT2D eigenvalue weighted by Crippen LogP contribution is 2.22. The zero-order valence-corrected chi connectivity index (χ0v) is 18.7. The molecule has 0 bridgehead atoms. The molecule has 31 heavy (non-hydrogen) atoms. The molecule has 0 aliphatic rings. The Morgan fingerprint density at radius 1 is 1.29 bits per heavy atom. The highest BCUT2D eigenvalue weighted by molar-refractivity contribution is 7.15. The Balaban J connectivity index is 1.71. The Morgan fingerprint density at radius 2 is 2.10 bits per heavy atom. The molecule has 2 aromatic carbocycles. The zero-order valence-electron chi connectivity index (χ0n) is 17.1. The van der Waals surface area contributed by atoms with Crippen LogP contribution in [0.4, 0.5) is 0 Å². The van der Waals surface area contributed by atoms with Gasteiger partial charge >= 0.3 is 0 Å². The molecule has 2 heterocycles. The number of thiazole rings is 1. The molecule has 0 atom stereocenters. The van der Waals surface area contributed by atoms with Gasteiger partial charge in [0.15, 0.2) is 4.96 Å². The summed E-state index contributed by atoms with van der Waals surface area (Å²) in [5.74, 6) is -0.184. The third-order valence-corrected chi connectivity index (χ3v) is 6.43. The number of hydrogen-bond donors (Lipinski definition) is 1. The molecule has 0 aliphatic carbocycles. The quantitative estimate of drug-likeness (QED) is 0.465. The summed E-state index contributed by atoms with van der Waals surface area (Å²) in [6.07, 6.45) is 5.17. The summed E-state index contributed by atoms with van der Waals surface area (Å²) >= 11 is 7.61. The standard InChI is InChI=1S/C24H20ClN3O2S/c1-4-8-26-22(29)18-7-5-6-17(12-18)20-13-28-23(30)21(31-24(28)27-20)11-16-9-14(2)15(3)19(25)10-16/h4-7,9-13H,1,8H2,2-3H3,(H,26,29). The smallest absolute Gasteiger partial charge is 0.274 e. The van der Waals surface area contributed by atoms with E-state index in [1.54, 1.807) is 34.9 Å². The van der Waals surface area contributed by atoms with Crippen molar-refractivity contribution in [3.05, 3.63) is 97.4 Å². The van der Waals surface area contributed by atoms with Crippen LogP contribution in [0.3, 0.4) is 0 Å². The molecular formula is C24H20ClN3O2S. The van der Waals surface area contributed by atoms with Crippen molar-refractivity contribution in [2.75, 3.05) is 6.54 Å². The van der Waals surface area contributed by atoms with Crippen LogP contribution in [0.2, 0.25) is 5.02 Å². The second-order valence-electron chi connectivity index (χ2n) is 7.22. The summed E-state index contributed by atoms with van der Waals surface area (Å²) in [5.41, 5.74) is 4.80. The third-order valence-electron chi connectivity index (χ3n) is 5.06. The molecule has 5 nitrogen and oxygen atoms in total. The molecular weight excluding hydrogens is 430 g/mol. The number of nitrogens with zero attached hydrogens (tertiary/aromatic N) is 2. The molecule has 0 spiro atoms. The van der Waals surface area contributed by atoms with Gasteiger partial charge in [0.1, 0.15) is 0 Å². The summed E-state index contributed by atoms with van der Waals surface area (Å²) in [6.45, 7) is 7.96. The van der Waals surface area contributed by atoms with Gasteiger partial charge in [0.25, 0.3) is 11.5 Å². The van der Waals surface area contributed by atoms with Crippen LogP contribution in [0.5, 0.6) is 0 Å². The molecule has 0 radical (unpaired) electrons. The first-order chi connectivity index (χ1) is 14.9. The summed E-state index contributed by atoms with van der Waals surface area (Å²) in [4.78, 5) is 30.3. The van der Waals surface area contributed by atoms with Crippen molar-refractivity contribution in [1.29, 1.82) is 0 Å². The van der Waals surface area contributed by atoms with Gasteiger partial charge < -0.3 is 5.32 Å². The fourth-order valence-electron chi connectivity index (χ4n) is 3.24. The van der Waals surface area contributed by atoms with E-state index in [2.05, 4.69) is 16.9 Å². The lowest BCUT2D eigenvalue weighted by molar-refractivity contribution is 0.0958. The van der Waals surface area contributed by atoms with Crippen LogP contribution in [0.1, 0.15) is 27.0 Å². The topological polar surface area (TPSA) is 63.5 Å². The van der Waals surface area contributed by atoms with E-state index < -0.39 is 0 Å². The molecule has 0 fully saturated rings. The zero-order chi connectivity index (χ0) is 22.1. The predicted molar refractivity (Wildman–Crippen MR) is 127 cm³/mol. The minimum absolute atomic E-state index is 0.131. The van der Waals surface area contributed by atoms with Crippen molar-refractivity contribution in [3.8, 4) is 11.3 Å². The van der Waals surface area contributed by atoms with Crippen molar-refractivity contribution in [2.45, 2.75) is 13.8 Å². The number of nitrogens with one attached hydrogen (secondary N) is 1. The van der Waals surface area contributed by atoms with Gasteiger partial charge in [-0.05, 0) is 54.8 Å². The Kier molecular flexibility index (Phi) is 5.76. The summed E-state index contributed by atoms with van der Waals surface area (Å²) in [6, 6.07) is 11.0. The highest BCUT2D eigenvalue weighted by Gasteiger charge is 2.12. The lowest BCUT2D eigenvalue weighted by Crippen LogP contribution is -2.23. The number of halogens is 1. The van der Waals surface area contributed by atoms with E-state index in [0.717, 1.165) is 22.3 Å². The monoisotopic (exact) mass is 449 g/mol. The van der Waals surface area contributed by atoms with Gasteiger partial charge in [-0.25, -0.2) is 4.98 Å². The number of rotatable bonds is 5. The molecule has 0 unspecified atom stereocenters. The first-order valence-electron chi connectivity index (χ1n) is 9.67. The van der Waals surface area contributed by atoms with Gasteiger partial charge in [-0.2, -0.15) is 0 Å². The fraction of sp³-hybridized carbons (Fsp3) is 0.125. The SMILES string of the molecule is C=CCNC(=O)c1cccc(-c2cn3c(=O)c(=Cc4cc(C)c(C)c(Cl)c4)sc3n2)c1. The molecule has 7 heteroatoms. The van der Waals surface area contributed by atoms with Gasteiger partial charge in [0.05, 0.1) is 10.2 Å². The van der Waals surface area contributed by atoms with E-state index in [1.165, 1.54) is 11.3 Å². The number of fused-ring (bicyclic) bond motifs is 1. The number of hydrogen-bond acceptors (Lipinski definition) is 4. The van der Waals surface area contributed by atoms with Crippen LogP contribution in [-0.4, -0.2) is 21.8 Å². The fourth-order valence-corrected chi connectivity index (χ4v) is 4.47. The predicted octanol–water partition coefficient (Wildman–Crippen LogP) is 4.16. The first-order valence-corrected chi connectivity index (χ1v) is 10.9. The van der Waals surface area contributed by atoms with E-state index in [-0.39, 0.29) is 11.5 Å². The number of benzene rings is 2. The first kappa shape index (κ1) is 21.0. The van der Waals surface area contributed by atoms with E-state index in [1.807, 2.05) is 38.1 Å². The normalized spacial score (nSPS) is 11.8. The molecule has 1 amide bonds. The average molecular weight is 450 g/mol. The molecule has 4 aromatic rings. The van der Waals surface area contributed by atoms with Crippen molar-refractivity contribution in [2.24, 2.45) is 0 Å². The van der Waals surface area contributed by atoms with Crippen LogP contribution in [-0.2, 0) is 0 Å². The second-order valence-corrected chi connectivity index (χ2v) is 8.63. The van der Waals surface area contributed by atoms with Gasteiger partial charge in [-0.1, -0.05) is 47.2 Å². The number of carbonyl (C=O) groups excluding carboxylic acids is 1. The lowest BCUT2D eigenvalue weighted by Gasteiger charge is -2.04. The number of imidazole rings is 1. The Hall–Kier alpha value is -3.22. The average Bonchev–Trinajstić information content (AvgIpc) is 3.30. The maximum atomic E-state index is 12.9. The lowest BCUT2D eigenvalue weighted by atomic mass is 10.1. The Morgan fingerprint density at radius 3 is 2.81 bits per heavy atom. The number of amides is 1. The van der Waals surface area contributed by atoms with Crippen LogP contribution in [0.25, 0.3) is 22.3 Å². The maximum absolute atomic E-state index is 12.9. The Labute approximate surface area is 188 Å². The molecule has 0 aliphatic heterocycles. The summed E-state index contributed by atoms with van der Waals surface area (Å²) < 4.78 is 2.13. The van der Waals surface area contributed by atoms with Crippen LogP contribution in [0, 0.1) is 13.8 Å². The molecule has 4 rings (SSSR count). The summed E-state index contributed by atoms with van der Waals surface area (Å²) in [5, 5.41) is 3.44. The second kappa shape index (κ2) is 8.49. The largest absolute Gasteiger partial charge is 0.349 e. The molecule has 1 N–H and O–H groups in total. The van der Waals surface area contributed by atoms with Gasteiger partial charge in [0.2, 0.25) is 0 Å². The summed E-state index contributed by atoms with van der Waals surface area (Å²) in [7, 11) is 0. The van der Waals surface area contributed by atoms with Crippen molar-refractivity contribution in [1.82, 2.24) is 14.7 Å². The van der Waals surface area contributed by atoms with Gasteiger partial charge in [0, 0.05) is 28.9 Å². The molecule has 0 saturated carbocycles. The van der Waals surface area contributed by atoms with Crippen LogP contribution < -0.4 is 15.4 Å². The minimum Gasteiger partial charge on any atom is -0.349 e. The van der Waals surface area contributed by atoms with E-state index in [4.69, 9.17) is 11.6 Å². The highest BCUT2D eigenvalue weighted by atomic mass is 35.5. The van der Waals surface area contributed by atoms with Crippen LogP contribution >= 0.6 is 22.9 Å². The van der Waals surface area contributed by atoms with E-state index in [9.17, 15) is 9.59 Å². The van der Waals surface area contributed by atoms with E-state index in [0.29, 0.717) is 32.3 Å².